The van der Waals surface area contributed by atoms with Crippen molar-refractivity contribution in [1.29, 1.82) is 0 Å². The second kappa shape index (κ2) is 4.70. The summed E-state index contributed by atoms with van der Waals surface area (Å²) < 4.78 is 0.550. The second-order valence-corrected chi connectivity index (χ2v) is 2.89. The molecule has 0 unspecified atom stereocenters. The van der Waals surface area contributed by atoms with Crippen LogP contribution in [0.5, 0.6) is 0 Å². The Morgan fingerprint density at radius 3 is 2.25 bits per heavy atom. The van der Waals surface area contributed by atoms with E-state index in [0.717, 1.165) is 0 Å². The largest absolute Gasteiger partial charge is 0.293 e. The molecule has 0 aliphatic carbocycles. The van der Waals surface area contributed by atoms with Gasteiger partial charge in [-0.15, -0.1) is 0 Å². The molecular formula is C4H3Br3O. The number of rotatable bonds is 2. The summed E-state index contributed by atoms with van der Waals surface area (Å²) >= 11 is 9.06. The van der Waals surface area contributed by atoms with E-state index in [-0.39, 0.29) is 5.78 Å². The number of carbonyl (C=O) groups excluding carboxylic acids is 1. The lowest BCUT2D eigenvalue weighted by Gasteiger charge is -1.86. The topological polar surface area (TPSA) is 17.1 Å². The maximum absolute atomic E-state index is 10.6. The molecule has 0 rings (SSSR count). The minimum Gasteiger partial charge on any atom is -0.293 e. The summed E-state index contributed by atoms with van der Waals surface area (Å²) in [6, 6.07) is 0. The molecule has 4 heteroatoms. The molecule has 0 saturated carbocycles. The quantitative estimate of drug-likeness (QED) is 0.566. The van der Waals surface area contributed by atoms with Gasteiger partial charge in [-0.1, -0.05) is 31.9 Å². The zero-order chi connectivity index (χ0) is 6.57. The van der Waals surface area contributed by atoms with Gasteiger partial charge in [-0.3, -0.25) is 4.79 Å². The third kappa shape index (κ3) is 2.99. The van der Waals surface area contributed by atoms with E-state index >= 15 is 0 Å². The Morgan fingerprint density at radius 1 is 1.62 bits per heavy atom. The van der Waals surface area contributed by atoms with E-state index in [4.69, 9.17) is 0 Å². The van der Waals surface area contributed by atoms with Crippen LogP contribution in [0.25, 0.3) is 0 Å². The standard InChI is InChI=1S/C4H3Br3O/c5-1-3(7)4(8)2-6/h1H,2H2. The van der Waals surface area contributed by atoms with Gasteiger partial charge in [0, 0.05) is 0 Å². The minimum absolute atomic E-state index is 0.0295. The molecular weight excluding hydrogens is 304 g/mol. The fourth-order valence-corrected chi connectivity index (χ4v) is 1.20. The average molecular weight is 307 g/mol. The van der Waals surface area contributed by atoms with Crippen molar-refractivity contribution in [2.24, 2.45) is 0 Å². The van der Waals surface area contributed by atoms with Crippen LogP contribution in [0.4, 0.5) is 0 Å². The van der Waals surface area contributed by atoms with Gasteiger partial charge in [-0.25, -0.2) is 0 Å². The third-order valence-corrected chi connectivity index (χ3v) is 2.74. The molecule has 8 heavy (non-hydrogen) atoms. The Kier molecular flexibility index (Phi) is 5.20. The number of allylic oxidation sites excluding steroid dienone is 1. The van der Waals surface area contributed by atoms with Crippen molar-refractivity contribution in [2.75, 3.05) is 5.33 Å². The van der Waals surface area contributed by atoms with Gasteiger partial charge in [0.1, 0.15) is 0 Å². The SMILES string of the molecule is O=C(CBr)C(Br)=CBr. The number of alkyl halides is 1. The zero-order valence-corrected chi connectivity index (χ0v) is 8.58. The van der Waals surface area contributed by atoms with Crippen molar-refractivity contribution in [3.63, 3.8) is 0 Å². The first-order chi connectivity index (χ1) is 3.72. The Hall–Kier alpha value is 0.850. The maximum atomic E-state index is 10.6. The highest BCUT2D eigenvalue weighted by Crippen LogP contribution is 2.09. The number of Topliss-reactive ketones (excluding diaryl/α,β-unsaturated/α-hetero) is 1. The Morgan fingerprint density at radius 2 is 2.12 bits per heavy atom. The van der Waals surface area contributed by atoms with Crippen LogP contribution in [0, 0.1) is 0 Å². The van der Waals surface area contributed by atoms with Gasteiger partial charge < -0.3 is 0 Å². The lowest BCUT2D eigenvalue weighted by Crippen LogP contribution is -1.95. The number of hydrogen-bond acceptors (Lipinski definition) is 1. The van der Waals surface area contributed by atoms with Crippen LogP contribution in [-0.2, 0) is 4.79 Å². The van der Waals surface area contributed by atoms with E-state index in [2.05, 4.69) is 47.8 Å². The van der Waals surface area contributed by atoms with Crippen LogP contribution in [0.1, 0.15) is 0 Å². The summed E-state index contributed by atoms with van der Waals surface area (Å²) in [7, 11) is 0. The molecule has 0 aromatic rings. The van der Waals surface area contributed by atoms with Crippen LogP contribution in [0.15, 0.2) is 9.47 Å². The minimum atomic E-state index is 0.0295. The van der Waals surface area contributed by atoms with E-state index < -0.39 is 0 Å². The van der Waals surface area contributed by atoms with Crippen molar-refractivity contribution in [3.05, 3.63) is 9.47 Å². The third-order valence-electron chi connectivity index (χ3n) is 0.484. The number of ketones is 1. The maximum Gasteiger partial charge on any atom is 0.180 e. The predicted octanol–water partition coefficient (Wildman–Crippen LogP) is 2.58. The molecule has 0 aliphatic rings. The van der Waals surface area contributed by atoms with Crippen LogP contribution in [0.3, 0.4) is 0 Å². The van der Waals surface area contributed by atoms with Gasteiger partial charge >= 0.3 is 0 Å². The molecule has 0 aromatic heterocycles. The molecule has 0 spiro atoms. The van der Waals surface area contributed by atoms with Crippen molar-refractivity contribution in [3.8, 4) is 0 Å². The van der Waals surface area contributed by atoms with Gasteiger partial charge in [-0.05, 0) is 20.9 Å². The Labute approximate surface area is 72.9 Å². The van der Waals surface area contributed by atoms with E-state index in [1.54, 1.807) is 0 Å². The van der Waals surface area contributed by atoms with Crippen LogP contribution < -0.4 is 0 Å². The molecule has 0 bridgehead atoms. The summed E-state index contributed by atoms with van der Waals surface area (Å²) in [5, 5.41) is 0.357. The molecule has 0 aromatic carbocycles. The fraction of sp³-hybridized carbons (Fsp3) is 0.250. The van der Waals surface area contributed by atoms with E-state index in [1.807, 2.05) is 0 Å². The van der Waals surface area contributed by atoms with Gasteiger partial charge in [0.2, 0.25) is 0 Å². The first kappa shape index (κ1) is 8.85. The first-order valence-corrected chi connectivity index (χ1v) is 4.60. The van der Waals surface area contributed by atoms with Crippen LogP contribution >= 0.6 is 47.8 Å². The smallest absolute Gasteiger partial charge is 0.180 e. The van der Waals surface area contributed by atoms with Gasteiger partial charge in [0.15, 0.2) is 5.78 Å². The summed E-state index contributed by atoms with van der Waals surface area (Å²) in [6.07, 6.45) is 0. The van der Waals surface area contributed by atoms with Crippen LogP contribution in [-0.4, -0.2) is 11.1 Å². The average Bonchev–Trinajstić information content (AvgIpc) is 1.84. The molecule has 0 amide bonds. The lowest BCUT2D eigenvalue weighted by molar-refractivity contribution is -0.112. The Balaban J connectivity index is 3.83. The summed E-state index contributed by atoms with van der Waals surface area (Å²) in [6.45, 7) is 0. The molecule has 0 aliphatic heterocycles. The van der Waals surface area contributed by atoms with Crippen LogP contribution in [0.2, 0.25) is 0 Å². The molecule has 1 nitrogen and oxygen atoms in total. The zero-order valence-electron chi connectivity index (χ0n) is 3.83. The van der Waals surface area contributed by atoms with Gasteiger partial charge in [0.05, 0.1) is 9.81 Å². The first-order valence-electron chi connectivity index (χ1n) is 1.77. The van der Waals surface area contributed by atoms with Crippen molar-refractivity contribution >= 4 is 53.6 Å². The summed E-state index contributed by atoms with van der Waals surface area (Å²) in [5.41, 5.74) is 0. The van der Waals surface area contributed by atoms with Crippen molar-refractivity contribution in [2.45, 2.75) is 0 Å². The predicted molar refractivity (Wildman–Crippen MR) is 44.7 cm³/mol. The van der Waals surface area contributed by atoms with Crippen molar-refractivity contribution < 1.29 is 4.79 Å². The van der Waals surface area contributed by atoms with E-state index in [1.165, 1.54) is 4.99 Å². The second-order valence-electron chi connectivity index (χ2n) is 1.01. The summed E-state index contributed by atoms with van der Waals surface area (Å²) in [5.74, 6) is 0.0295. The van der Waals surface area contributed by atoms with Gasteiger partial charge in [-0.2, -0.15) is 0 Å². The van der Waals surface area contributed by atoms with E-state index in [0.29, 0.717) is 9.81 Å². The van der Waals surface area contributed by atoms with E-state index in [9.17, 15) is 4.79 Å². The molecule has 0 atom stereocenters. The normalized spacial score (nSPS) is 11.6. The number of hydrogen-bond donors (Lipinski definition) is 0. The van der Waals surface area contributed by atoms with Gasteiger partial charge in [0.25, 0.3) is 0 Å². The fourth-order valence-electron chi connectivity index (χ4n) is 0.125. The molecule has 46 valence electrons. The Bertz CT molecular complexity index is 118. The molecule has 0 heterocycles. The monoisotopic (exact) mass is 304 g/mol. The highest BCUT2D eigenvalue weighted by molar-refractivity contribution is 9.14. The molecule has 0 radical (unpaired) electrons. The lowest BCUT2D eigenvalue weighted by atomic mass is 10.5. The molecule has 0 N–H and O–H groups in total. The number of carbonyl (C=O) groups is 1. The number of halogens is 3. The highest BCUT2D eigenvalue weighted by Gasteiger charge is 2.00. The molecule has 0 saturated heterocycles. The molecule has 0 fully saturated rings. The highest BCUT2D eigenvalue weighted by atomic mass is 79.9. The summed E-state index contributed by atoms with van der Waals surface area (Å²) in [4.78, 5) is 12.1. The van der Waals surface area contributed by atoms with Crippen molar-refractivity contribution in [1.82, 2.24) is 0 Å².